The van der Waals surface area contributed by atoms with Gasteiger partial charge in [-0.25, -0.2) is 0 Å². The fraction of sp³-hybridized carbons (Fsp3) is 0.130. The molecule has 0 aliphatic heterocycles. The third-order valence-corrected chi connectivity index (χ3v) is 5.41. The third-order valence-electron chi connectivity index (χ3n) is 4.31. The van der Waals surface area contributed by atoms with Crippen LogP contribution in [0.1, 0.15) is 20.8 Å². The number of carbonyl (C=O) groups excluding carboxylic acids is 2. The van der Waals surface area contributed by atoms with E-state index in [1.807, 2.05) is 42.5 Å². The lowest BCUT2D eigenvalue weighted by atomic mass is 10.1. The van der Waals surface area contributed by atoms with Crippen molar-refractivity contribution in [3.8, 4) is 10.4 Å². The van der Waals surface area contributed by atoms with Gasteiger partial charge in [-0.1, -0.05) is 42.5 Å². The molecule has 0 bridgehead atoms. The molecule has 0 saturated heterocycles. The van der Waals surface area contributed by atoms with Crippen LogP contribution in [0.4, 0.5) is 0 Å². The summed E-state index contributed by atoms with van der Waals surface area (Å²) in [4.78, 5) is 27.8. The summed E-state index contributed by atoms with van der Waals surface area (Å²) in [6.45, 7) is 0.483. The maximum atomic E-state index is 12.4. The summed E-state index contributed by atoms with van der Waals surface area (Å²) in [5.41, 5.74) is 2.75. The molecule has 1 aromatic heterocycles. The van der Waals surface area contributed by atoms with Crippen molar-refractivity contribution in [3.05, 3.63) is 88.8 Å². The fourth-order valence-electron chi connectivity index (χ4n) is 2.74. The number of hydrogen-bond donors (Lipinski definition) is 1. The van der Waals surface area contributed by atoms with E-state index in [0.29, 0.717) is 12.1 Å². The molecule has 0 saturated carbocycles. The number of hydrogen-bond acceptors (Lipinski definition) is 3. The topological polar surface area (TPSA) is 49.4 Å². The Labute approximate surface area is 169 Å². The second kappa shape index (κ2) is 9.15. The Morgan fingerprint density at radius 3 is 2.39 bits per heavy atom. The van der Waals surface area contributed by atoms with E-state index in [9.17, 15) is 9.59 Å². The highest BCUT2D eigenvalue weighted by molar-refractivity contribution is 7.16. The summed E-state index contributed by atoms with van der Waals surface area (Å²) in [6.07, 6.45) is 3.45. The predicted molar refractivity (Wildman–Crippen MR) is 115 cm³/mol. The highest BCUT2D eigenvalue weighted by atomic mass is 32.1. The molecule has 142 valence electrons. The molecule has 0 atom stereocenters. The molecule has 4 nitrogen and oxygen atoms in total. The van der Waals surface area contributed by atoms with Gasteiger partial charge in [0.2, 0.25) is 5.91 Å². The van der Waals surface area contributed by atoms with Crippen LogP contribution in [0.25, 0.3) is 16.5 Å². The summed E-state index contributed by atoms with van der Waals surface area (Å²) < 4.78 is 0. The zero-order chi connectivity index (χ0) is 19.9. The molecule has 0 unspecified atom stereocenters. The van der Waals surface area contributed by atoms with Crippen molar-refractivity contribution in [2.24, 2.45) is 0 Å². The molecule has 2 amide bonds. The first-order valence-corrected chi connectivity index (χ1v) is 9.78. The number of nitrogens with one attached hydrogen (secondary N) is 1. The standard InChI is InChI=1S/C23H22N2O2S/c1-24-23(27)19-10-8-17(9-11-19)16-25(2)22(26)15-13-20-12-14-21(28-20)18-6-4-3-5-7-18/h3-15H,16H2,1-2H3,(H,24,27)/b15-13+. The van der Waals surface area contributed by atoms with E-state index < -0.39 is 0 Å². The first-order valence-electron chi connectivity index (χ1n) is 8.96. The smallest absolute Gasteiger partial charge is 0.251 e. The van der Waals surface area contributed by atoms with Crippen LogP contribution in [0.2, 0.25) is 0 Å². The van der Waals surface area contributed by atoms with Crippen molar-refractivity contribution in [2.45, 2.75) is 6.54 Å². The average molecular weight is 391 g/mol. The molecule has 3 rings (SSSR count). The number of benzene rings is 2. The fourth-order valence-corrected chi connectivity index (χ4v) is 3.65. The van der Waals surface area contributed by atoms with Crippen molar-refractivity contribution in [1.29, 1.82) is 0 Å². The normalized spacial score (nSPS) is 10.8. The van der Waals surface area contributed by atoms with Crippen LogP contribution < -0.4 is 5.32 Å². The first-order chi connectivity index (χ1) is 13.6. The molecule has 1 N–H and O–H groups in total. The van der Waals surface area contributed by atoms with Gasteiger partial charge in [0.1, 0.15) is 0 Å². The molecule has 5 heteroatoms. The van der Waals surface area contributed by atoms with E-state index in [2.05, 4.69) is 23.5 Å². The van der Waals surface area contributed by atoms with E-state index in [1.54, 1.807) is 48.5 Å². The van der Waals surface area contributed by atoms with Crippen LogP contribution in [0, 0.1) is 0 Å². The zero-order valence-corrected chi connectivity index (χ0v) is 16.7. The molecule has 0 radical (unpaired) electrons. The highest BCUT2D eigenvalue weighted by Gasteiger charge is 2.08. The second-order valence-electron chi connectivity index (χ2n) is 6.37. The highest BCUT2D eigenvalue weighted by Crippen LogP contribution is 2.28. The molecule has 0 aliphatic carbocycles. The summed E-state index contributed by atoms with van der Waals surface area (Å²) in [5, 5.41) is 2.59. The van der Waals surface area contributed by atoms with Crippen LogP contribution in [0.3, 0.4) is 0 Å². The Morgan fingerprint density at radius 2 is 1.71 bits per heavy atom. The zero-order valence-electron chi connectivity index (χ0n) is 15.9. The molecule has 0 spiro atoms. The first kappa shape index (κ1) is 19.6. The van der Waals surface area contributed by atoms with Crippen molar-refractivity contribution in [2.75, 3.05) is 14.1 Å². The summed E-state index contributed by atoms with van der Waals surface area (Å²) in [5.74, 6) is -0.185. The lowest BCUT2D eigenvalue weighted by Crippen LogP contribution is -2.24. The lowest BCUT2D eigenvalue weighted by Gasteiger charge is -2.15. The molecular weight excluding hydrogens is 368 g/mol. The van der Waals surface area contributed by atoms with Gasteiger partial charge in [-0.2, -0.15) is 0 Å². The molecule has 0 aliphatic rings. The van der Waals surface area contributed by atoms with E-state index in [1.165, 1.54) is 10.4 Å². The molecule has 1 heterocycles. The van der Waals surface area contributed by atoms with Crippen molar-refractivity contribution in [1.82, 2.24) is 10.2 Å². The molecule has 2 aromatic carbocycles. The Bertz CT molecular complexity index is 975. The van der Waals surface area contributed by atoms with Gasteiger partial charge in [0.15, 0.2) is 0 Å². The molecule has 3 aromatic rings. The quantitative estimate of drug-likeness (QED) is 0.632. The predicted octanol–water partition coefficient (Wildman–Crippen LogP) is 4.45. The van der Waals surface area contributed by atoms with Crippen LogP contribution in [-0.4, -0.2) is 30.8 Å². The van der Waals surface area contributed by atoms with E-state index in [4.69, 9.17) is 0 Å². The maximum absolute atomic E-state index is 12.4. The Kier molecular flexibility index (Phi) is 6.40. The van der Waals surface area contributed by atoms with E-state index in [0.717, 1.165) is 10.4 Å². The molecule has 28 heavy (non-hydrogen) atoms. The van der Waals surface area contributed by atoms with Gasteiger partial charge < -0.3 is 10.2 Å². The monoisotopic (exact) mass is 390 g/mol. The van der Waals surface area contributed by atoms with Crippen LogP contribution in [0.5, 0.6) is 0 Å². The summed E-state index contributed by atoms with van der Waals surface area (Å²) >= 11 is 1.65. The van der Waals surface area contributed by atoms with Gasteiger partial charge in [-0.3, -0.25) is 9.59 Å². The Hall–Kier alpha value is -3.18. The van der Waals surface area contributed by atoms with E-state index in [-0.39, 0.29) is 11.8 Å². The number of thiophene rings is 1. The van der Waals surface area contributed by atoms with E-state index >= 15 is 0 Å². The van der Waals surface area contributed by atoms with Gasteiger partial charge in [-0.05, 0) is 41.5 Å². The minimum absolute atomic E-state index is 0.0648. The van der Waals surface area contributed by atoms with Gasteiger partial charge in [0.05, 0.1) is 0 Å². The number of amides is 2. The maximum Gasteiger partial charge on any atom is 0.251 e. The number of likely N-dealkylation sites (N-methyl/N-ethyl adjacent to an activating group) is 1. The minimum atomic E-state index is -0.121. The lowest BCUT2D eigenvalue weighted by molar-refractivity contribution is -0.125. The van der Waals surface area contributed by atoms with Gasteiger partial charge in [0, 0.05) is 42.0 Å². The van der Waals surface area contributed by atoms with Crippen LogP contribution in [-0.2, 0) is 11.3 Å². The largest absolute Gasteiger partial charge is 0.355 e. The van der Waals surface area contributed by atoms with Gasteiger partial charge in [-0.15, -0.1) is 11.3 Å². The number of nitrogens with zero attached hydrogens (tertiary/aromatic N) is 1. The number of rotatable bonds is 6. The molecular formula is C23H22N2O2S. The van der Waals surface area contributed by atoms with Crippen molar-refractivity contribution < 1.29 is 9.59 Å². The Balaban J connectivity index is 1.59. The SMILES string of the molecule is CNC(=O)c1ccc(CN(C)C(=O)/C=C/c2ccc(-c3ccccc3)s2)cc1. The van der Waals surface area contributed by atoms with Gasteiger partial charge >= 0.3 is 0 Å². The van der Waals surface area contributed by atoms with Crippen molar-refractivity contribution in [3.63, 3.8) is 0 Å². The summed E-state index contributed by atoms with van der Waals surface area (Å²) in [7, 11) is 3.37. The third kappa shape index (κ3) is 4.96. The van der Waals surface area contributed by atoms with Crippen LogP contribution in [0.15, 0.2) is 72.8 Å². The number of carbonyl (C=O) groups is 2. The average Bonchev–Trinajstić information content (AvgIpc) is 3.21. The Morgan fingerprint density at radius 1 is 1.00 bits per heavy atom. The minimum Gasteiger partial charge on any atom is -0.355 e. The van der Waals surface area contributed by atoms with Gasteiger partial charge in [0.25, 0.3) is 5.91 Å². The van der Waals surface area contributed by atoms with Crippen molar-refractivity contribution >= 4 is 29.2 Å². The molecule has 0 fully saturated rings. The second-order valence-corrected chi connectivity index (χ2v) is 7.49. The van der Waals surface area contributed by atoms with Crippen LogP contribution >= 0.6 is 11.3 Å². The summed E-state index contributed by atoms with van der Waals surface area (Å²) in [6, 6.07) is 21.5.